The maximum absolute atomic E-state index is 2.83. The van der Waals surface area contributed by atoms with E-state index in [1.807, 2.05) is 0 Å². The van der Waals surface area contributed by atoms with E-state index >= 15 is 0 Å². The summed E-state index contributed by atoms with van der Waals surface area (Å²) in [6.45, 7) is 4.67. The van der Waals surface area contributed by atoms with E-state index in [0.29, 0.717) is 0 Å². The Morgan fingerprint density at radius 3 is 1.93 bits per heavy atom. The van der Waals surface area contributed by atoms with Gasteiger partial charge in [-0.2, -0.15) is 0 Å². The van der Waals surface area contributed by atoms with E-state index < -0.39 is 0 Å². The first kappa shape index (κ1) is 18.3. The van der Waals surface area contributed by atoms with Crippen molar-refractivity contribution >= 4 is 26.2 Å². The molecule has 0 aliphatic heterocycles. The van der Waals surface area contributed by atoms with E-state index in [1.54, 1.807) is 0 Å². The first-order valence-electron chi connectivity index (χ1n) is 6.51. The third kappa shape index (κ3) is 14.9. The summed E-state index contributed by atoms with van der Waals surface area (Å²) in [6.07, 6.45) is 14.2. The minimum atomic E-state index is 0. The van der Waals surface area contributed by atoms with E-state index in [9.17, 15) is 0 Å². The zero-order chi connectivity index (χ0) is 10.6. The Hall–Kier alpha value is 0.910. The summed E-state index contributed by atoms with van der Waals surface area (Å²) in [4.78, 5) is 0. The van der Waals surface area contributed by atoms with Crippen molar-refractivity contribution in [2.75, 3.05) is 6.16 Å². The van der Waals surface area contributed by atoms with E-state index in [0.717, 1.165) is 5.92 Å². The molecule has 0 fully saturated rings. The van der Waals surface area contributed by atoms with Crippen molar-refractivity contribution in [3.63, 3.8) is 0 Å². The van der Waals surface area contributed by atoms with Crippen LogP contribution in [0.3, 0.4) is 0 Å². The Morgan fingerprint density at radius 2 is 1.40 bits per heavy atom. The fraction of sp³-hybridized carbons (Fsp3) is 1.00. The average molecular weight is 297 g/mol. The molecule has 2 unspecified atom stereocenters. The van der Waals surface area contributed by atoms with E-state index in [-0.39, 0.29) is 17.0 Å². The van der Waals surface area contributed by atoms with Gasteiger partial charge in [0.2, 0.25) is 0 Å². The van der Waals surface area contributed by atoms with Gasteiger partial charge >= 0.3 is 0 Å². The first-order chi connectivity index (χ1) is 6.81. The summed E-state index contributed by atoms with van der Waals surface area (Å²) >= 11 is 0. The van der Waals surface area contributed by atoms with E-state index in [2.05, 4.69) is 23.1 Å². The van der Waals surface area contributed by atoms with E-state index in [4.69, 9.17) is 0 Å². The van der Waals surface area contributed by atoms with Crippen molar-refractivity contribution < 1.29 is 0 Å². The van der Waals surface area contributed by atoms with Gasteiger partial charge in [0.15, 0.2) is 0 Å². The zero-order valence-electron chi connectivity index (χ0n) is 10.6. The molecule has 0 spiro atoms. The molecule has 0 heterocycles. The Labute approximate surface area is 110 Å². The number of halogens is 1. The predicted molar refractivity (Wildman–Crippen MR) is 81.3 cm³/mol. The van der Waals surface area contributed by atoms with Gasteiger partial charge in [-0.25, -0.2) is 0 Å². The molecule has 0 saturated carbocycles. The largest absolute Gasteiger partial charge is 0.138 e. The lowest BCUT2D eigenvalue weighted by Gasteiger charge is -2.08. The van der Waals surface area contributed by atoms with Crippen LogP contribution >= 0.6 is 26.2 Å². The molecule has 0 nitrogen and oxygen atoms in total. The van der Waals surface area contributed by atoms with Crippen molar-refractivity contribution in [3.05, 3.63) is 0 Å². The Kier molecular flexibility index (Phi) is 18.2. The Morgan fingerprint density at radius 1 is 0.867 bits per heavy atom. The van der Waals surface area contributed by atoms with E-state index in [1.165, 1.54) is 63.9 Å². The highest BCUT2D eigenvalue weighted by molar-refractivity contribution is 8.93. The molecular weight excluding hydrogens is 267 g/mol. The van der Waals surface area contributed by atoms with Gasteiger partial charge in [-0.3, -0.25) is 0 Å². The second-order valence-electron chi connectivity index (χ2n) is 4.59. The molecular formula is C13H30BrP. The predicted octanol–water partition coefficient (Wildman–Crippen LogP) is 5.61. The molecule has 0 aromatic heterocycles. The molecule has 15 heavy (non-hydrogen) atoms. The van der Waals surface area contributed by atoms with Gasteiger partial charge in [0, 0.05) is 0 Å². The monoisotopic (exact) mass is 296 g/mol. The maximum Gasteiger partial charge on any atom is -0.0379 e. The highest BCUT2D eigenvalue weighted by Gasteiger charge is 1.99. The second kappa shape index (κ2) is 14.9. The molecule has 0 rings (SSSR count). The molecule has 0 aromatic carbocycles. The third-order valence-corrected chi connectivity index (χ3v) is 3.29. The third-order valence-electron chi connectivity index (χ3n) is 2.96. The summed E-state index contributed by atoms with van der Waals surface area (Å²) in [7, 11) is 2.83. The molecule has 2 heteroatoms. The summed E-state index contributed by atoms with van der Waals surface area (Å²) < 4.78 is 0. The van der Waals surface area contributed by atoms with Gasteiger partial charge in [0.25, 0.3) is 0 Å². The molecule has 94 valence electrons. The van der Waals surface area contributed by atoms with Crippen LogP contribution in [0.2, 0.25) is 0 Å². The van der Waals surface area contributed by atoms with Gasteiger partial charge in [-0.1, -0.05) is 65.2 Å². The normalized spacial score (nSPS) is 12.2. The van der Waals surface area contributed by atoms with Crippen LogP contribution in [0.15, 0.2) is 0 Å². The number of unbranched alkanes of at least 4 members (excludes halogenated alkanes) is 6. The van der Waals surface area contributed by atoms with Crippen molar-refractivity contribution in [1.82, 2.24) is 0 Å². The summed E-state index contributed by atoms with van der Waals surface area (Å²) in [5.41, 5.74) is 0. The summed E-state index contributed by atoms with van der Waals surface area (Å²) in [6, 6.07) is 0. The van der Waals surface area contributed by atoms with Crippen molar-refractivity contribution in [1.29, 1.82) is 0 Å². The Bertz CT molecular complexity index is 107. The fourth-order valence-corrected chi connectivity index (χ4v) is 2.45. The SMILES string of the molecule is Br.CCCCCCCCCC(C)CCP. The topological polar surface area (TPSA) is 0 Å². The molecule has 0 amide bonds. The fourth-order valence-electron chi connectivity index (χ4n) is 1.88. The number of hydrogen-bond acceptors (Lipinski definition) is 0. The zero-order valence-corrected chi connectivity index (χ0v) is 13.5. The number of hydrogen-bond donors (Lipinski definition) is 0. The quantitative estimate of drug-likeness (QED) is 0.363. The minimum absolute atomic E-state index is 0. The Balaban J connectivity index is 0. The molecule has 2 atom stereocenters. The van der Waals surface area contributed by atoms with Gasteiger partial charge < -0.3 is 0 Å². The molecule has 0 aliphatic rings. The highest BCUT2D eigenvalue weighted by atomic mass is 79.9. The van der Waals surface area contributed by atoms with Crippen LogP contribution in [-0.4, -0.2) is 6.16 Å². The molecule has 0 bridgehead atoms. The lowest BCUT2D eigenvalue weighted by Crippen LogP contribution is -1.95. The van der Waals surface area contributed by atoms with Crippen LogP contribution in [0.4, 0.5) is 0 Å². The van der Waals surface area contributed by atoms with Crippen LogP contribution in [0.5, 0.6) is 0 Å². The van der Waals surface area contributed by atoms with Gasteiger partial charge in [0.05, 0.1) is 0 Å². The molecule has 0 aromatic rings. The second-order valence-corrected chi connectivity index (χ2v) is 5.17. The molecule has 0 saturated heterocycles. The van der Waals surface area contributed by atoms with Crippen LogP contribution in [0, 0.1) is 5.92 Å². The lowest BCUT2D eigenvalue weighted by molar-refractivity contribution is 0.473. The first-order valence-corrected chi connectivity index (χ1v) is 7.33. The van der Waals surface area contributed by atoms with Crippen molar-refractivity contribution in [3.8, 4) is 0 Å². The minimum Gasteiger partial charge on any atom is -0.138 e. The maximum atomic E-state index is 2.83. The smallest absolute Gasteiger partial charge is 0.0379 e. The highest BCUT2D eigenvalue weighted by Crippen LogP contribution is 2.15. The average Bonchev–Trinajstić information content (AvgIpc) is 2.17. The van der Waals surface area contributed by atoms with Crippen LogP contribution in [0.1, 0.15) is 71.6 Å². The molecule has 0 radical (unpaired) electrons. The van der Waals surface area contributed by atoms with Gasteiger partial charge in [-0.15, -0.1) is 26.2 Å². The van der Waals surface area contributed by atoms with Crippen molar-refractivity contribution in [2.24, 2.45) is 5.92 Å². The van der Waals surface area contributed by atoms with Gasteiger partial charge in [0.1, 0.15) is 0 Å². The van der Waals surface area contributed by atoms with Crippen LogP contribution in [-0.2, 0) is 0 Å². The standard InChI is InChI=1S/C13H29P.BrH/c1-3-4-5-6-7-8-9-10-13(2)11-12-14;/h13H,3-12,14H2,1-2H3;1H. The lowest BCUT2D eigenvalue weighted by atomic mass is 10.00. The summed E-state index contributed by atoms with van der Waals surface area (Å²) in [5, 5.41) is 0. The van der Waals surface area contributed by atoms with Gasteiger partial charge in [-0.05, 0) is 18.5 Å². The van der Waals surface area contributed by atoms with Crippen LogP contribution in [0.25, 0.3) is 0 Å². The molecule has 0 N–H and O–H groups in total. The van der Waals surface area contributed by atoms with Crippen LogP contribution < -0.4 is 0 Å². The molecule has 0 aliphatic carbocycles. The number of rotatable bonds is 10. The summed E-state index contributed by atoms with van der Waals surface area (Å²) in [5.74, 6) is 0.947. The van der Waals surface area contributed by atoms with Crippen molar-refractivity contribution in [2.45, 2.75) is 71.6 Å².